The molecule has 0 aliphatic carbocycles. The first-order chi connectivity index (χ1) is 27.7. The summed E-state index contributed by atoms with van der Waals surface area (Å²) in [6.45, 7) is 0. The van der Waals surface area contributed by atoms with E-state index in [1.165, 1.54) is 33.0 Å². The molecule has 1 heterocycles. The van der Waals surface area contributed by atoms with Crippen molar-refractivity contribution in [3.8, 4) is 55.8 Å². The molecule has 0 atom stereocenters. The van der Waals surface area contributed by atoms with Gasteiger partial charge in [0.25, 0.3) is 0 Å². The molecule has 0 unspecified atom stereocenters. The molecule has 0 spiro atoms. The fourth-order valence-electron chi connectivity index (χ4n) is 7.84. The van der Waals surface area contributed by atoms with Gasteiger partial charge in [-0.15, -0.1) is 0 Å². The fraction of sp³-hybridized carbons (Fsp3) is 0. The molecule has 10 aromatic rings. The second-order valence-electron chi connectivity index (χ2n) is 14.2. The fourth-order valence-corrected chi connectivity index (χ4v) is 7.84. The third-order valence-corrected chi connectivity index (χ3v) is 10.7. The number of hydrogen-bond acceptors (Lipinski definition) is 2. The molecule has 0 N–H and O–H groups in total. The van der Waals surface area contributed by atoms with Gasteiger partial charge in [0, 0.05) is 33.6 Å². The first kappa shape index (κ1) is 33.2. The summed E-state index contributed by atoms with van der Waals surface area (Å²) in [5, 5.41) is 3.61. The summed E-state index contributed by atoms with van der Waals surface area (Å²) in [6, 6.07) is 79.9. The van der Waals surface area contributed by atoms with Crippen molar-refractivity contribution in [2.24, 2.45) is 0 Å². The zero-order valence-corrected chi connectivity index (χ0v) is 30.7. The average Bonchev–Trinajstić information content (AvgIpc) is 3.68. The third kappa shape index (κ3) is 6.34. The Morgan fingerprint density at radius 1 is 0.286 bits per heavy atom. The Kier molecular flexibility index (Phi) is 8.55. The first-order valence-corrected chi connectivity index (χ1v) is 19.1. The Hall–Kier alpha value is -7.42. The van der Waals surface area contributed by atoms with E-state index in [-0.39, 0.29) is 0 Å². The van der Waals surface area contributed by atoms with Crippen LogP contribution in [0.4, 0.5) is 17.1 Å². The molecule has 10 rings (SSSR count). The third-order valence-electron chi connectivity index (χ3n) is 10.7. The number of nitrogens with zero attached hydrogens (tertiary/aromatic N) is 1. The van der Waals surface area contributed by atoms with E-state index in [4.69, 9.17) is 4.42 Å². The monoisotopic (exact) mass is 715 g/mol. The van der Waals surface area contributed by atoms with Gasteiger partial charge in [0.1, 0.15) is 11.3 Å². The topological polar surface area (TPSA) is 16.4 Å². The Morgan fingerprint density at radius 3 is 1.38 bits per heavy atom. The van der Waals surface area contributed by atoms with E-state index < -0.39 is 0 Å². The SMILES string of the molecule is c1ccc(-c2ccc(N(c3ccc(-c4cccc(-c5oc6ccccc6c5-c5ccccc5)c4)cc3)c3ccc(-c4ccc5ccccc5c4)cc3)cc2)cc1. The number of para-hydroxylation sites is 1. The lowest BCUT2D eigenvalue weighted by atomic mass is 9.96. The van der Waals surface area contributed by atoms with Gasteiger partial charge in [-0.05, 0) is 104 Å². The lowest BCUT2D eigenvalue weighted by molar-refractivity contribution is 0.632. The van der Waals surface area contributed by atoms with E-state index in [1.807, 2.05) is 12.1 Å². The van der Waals surface area contributed by atoms with E-state index in [9.17, 15) is 0 Å². The molecule has 2 nitrogen and oxygen atoms in total. The summed E-state index contributed by atoms with van der Waals surface area (Å²) < 4.78 is 6.56. The molecule has 0 saturated carbocycles. The second-order valence-corrected chi connectivity index (χ2v) is 14.2. The largest absolute Gasteiger partial charge is 0.455 e. The van der Waals surface area contributed by atoms with Crippen LogP contribution in [0.3, 0.4) is 0 Å². The molecule has 56 heavy (non-hydrogen) atoms. The molecule has 9 aromatic carbocycles. The first-order valence-electron chi connectivity index (χ1n) is 19.1. The molecule has 0 radical (unpaired) electrons. The predicted octanol–water partition coefficient (Wildman–Crippen LogP) is 15.4. The standard InChI is InChI=1S/C54H37NO/c1-3-12-38(13-4-1)40-24-30-48(31-25-40)55(50-34-28-42(29-35-50)46-23-22-39-14-7-8-17-44(39)36-46)49-32-26-41(27-33-49)45-18-11-19-47(37-45)54-53(43-15-5-2-6-16-43)51-20-9-10-21-52(51)56-54/h1-37H. The van der Waals surface area contributed by atoms with Crippen LogP contribution in [0, 0.1) is 0 Å². The van der Waals surface area contributed by atoms with E-state index in [2.05, 4.69) is 217 Å². The van der Waals surface area contributed by atoms with Gasteiger partial charge in [-0.2, -0.15) is 0 Å². The molecule has 2 heteroatoms. The average molecular weight is 716 g/mol. The lowest BCUT2D eigenvalue weighted by Gasteiger charge is -2.26. The van der Waals surface area contributed by atoms with Crippen LogP contribution in [0.5, 0.6) is 0 Å². The molecule has 1 aromatic heterocycles. The molecule has 0 saturated heterocycles. The van der Waals surface area contributed by atoms with Crippen molar-refractivity contribution in [1.29, 1.82) is 0 Å². The van der Waals surface area contributed by atoms with Crippen molar-refractivity contribution in [2.75, 3.05) is 4.90 Å². The van der Waals surface area contributed by atoms with E-state index in [1.54, 1.807) is 0 Å². The summed E-state index contributed by atoms with van der Waals surface area (Å²) in [5.41, 5.74) is 14.5. The lowest BCUT2D eigenvalue weighted by Crippen LogP contribution is -2.09. The maximum atomic E-state index is 6.56. The smallest absolute Gasteiger partial charge is 0.143 e. The van der Waals surface area contributed by atoms with Crippen molar-refractivity contribution in [3.05, 3.63) is 224 Å². The highest BCUT2D eigenvalue weighted by Gasteiger charge is 2.19. The van der Waals surface area contributed by atoms with Gasteiger partial charge in [0.2, 0.25) is 0 Å². The van der Waals surface area contributed by atoms with Gasteiger partial charge < -0.3 is 9.32 Å². The van der Waals surface area contributed by atoms with Crippen LogP contribution in [0.15, 0.2) is 229 Å². The Morgan fingerprint density at radius 2 is 0.732 bits per heavy atom. The van der Waals surface area contributed by atoms with Crippen molar-refractivity contribution in [3.63, 3.8) is 0 Å². The van der Waals surface area contributed by atoms with Crippen LogP contribution < -0.4 is 4.90 Å². The molecular weight excluding hydrogens is 679 g/mol. The zero-order valence-electron chi connectivity index (χ0n) is 30.7. The summed E-state index contributed by atoms with van der Waals surface area (Å²) in [5.74, 6) is 0.883. The van der Waals surface area contributed by atoms with Crippen LogP contribution in [0.2, 0.25) is 0 Å². The van der Waals surface area contributed by atoms with Crippen molar-refractivity contribution < 1.29 is 4.42 Å². The van der Waals surface area contributed by atoms with Gasteiger partial charge in [-0.25, -0.2) is 0 Å². The summed E-state index contributed by atoms with van der Waals surface area (Å²) >= 11 is 0. The van der Waals surface area contributed by atoms with Gasteiger partial charge in [-0.3, -0.25) is 0 Å². The maximum Gasteiger partial charge on any atom is 0.143 e. The zero-order chi connectivity index (χ0) is 37.3. The summed E-state index contributed by atoms with van der Waals surface area (Å²) in [7, 11) is 0. The second kappa shape index (κ2) is 14.4. The summed E-state index contributed by atoms with van der Waals surface area (Å²) in [6.07, 6.45) is 0. The molecule has 0 bridgehead atoms. The van der Waals surface area contributed by atoms with E-state index in [0.29, 0.717) is 0 Å². The Labute approximate surface area is 327 Å². The quantitative estimate of drug-likeness (QED) is 0.156. The number of anilines is 3. The highest BCUT2D eigenvalue weighted by Crippen LogP contribution is 2.42. The van der Waals surface area contributed by atoms with Crippen LogP contribution in [0.25, 0.3) is 77.6 Å². The summed E-state index contributed by atoms with van der Waals surface area (Å²) in [4.78, 5) is 2.33. The van der Waals surface area contributed by atoms with Crippen molar-refractivity contribution >= 4 is 38.8 Å². The molecule has 0 aliphatic rings. The van der Waals surface area contributed by atoms with E-state index >= 15 is 0 Å². The number of hydrogen-bond donors (Lipinski definition) is 0. The predicted molar refractivity (Wildman–Crippen MR) is 236 cm³/mol. The van der Waals surface area contributed by atoms with Crippen molar-refractivity contribution in [2.45, 2.75) is 0 Å². The number of furan rings is 1. The normalized spacial score (nSPS) is 11.2. The molecule has 0 fully saturated rings. The molecule has 0 amide bonds. The van der Waals surface area contributed by atoms with Crippen LogP contribution in [0.1, 0.15) is 0 Å². The highest BCUT2D eigenvalue weighted by atomic mass is 16.3. The molecular formula is C54H37NO. The molecule has 0 aliphatic heterocycles. The number of benzene rings is 9. The van der Waals surface area contributed by atoms with Crippen LogP contribution in [-0.2, 0) is 0 Å². The van der Waals surface area contributed by atoms with Gasteiger partial charge in [0.15, 0.2) is 0 Å². The number of rotatable bonds is 8. The number of fused-ring (bicyclic) bond motifs is 2. The Balaban J connectivity index is 1.01. The van der Waals surface area contributed by atoms with Gasteiger partial charge in [-0.1, -0.05) is 170 Å². The highest BCUT2D eigenvalue weighted by molar-refractivity contribution is 6.02. The minimum Gasteiger partial charge on any atom is -0.455 e. The minimum atomic E-state index is 0.883. The maximum absolute atomic E-state index is 6.56. The van der Waals surface area contributed by atoms with Gasteiger partial charge >= 0.3 is 0 Å². The molecule has 264 valence electrons. The van der Waals surface area contributed by atoms with Gasteiger partial charge in [0.05, 0.1) is 0 Å². The minimum absolute atomic E-state index is 0.883. The van der Waals surface area contributed by atoms with E-state index in [0.717, 1.165) is 61.6 Å². The van der Waals surface area contributed by atoms with Crippen LogP contribution in [-0.4, -0.2) is 0 Å². The van der Waals surface area contributed by atoms with Crippen LogP contribution >= 0.6 is 0 Å². The van der Waals surface area contributed by atoms with Crippen molar-refractivity contribution in [1.82, 2.24) is 0 Å². The Bertz CT molecular complexity index is 2930.